The van der Waals surface area contributed by atoms with Crippen LogP contribution in [0, 0.1) is 6.92 Å². The molecule has 0 saturated heterocycles. The molecule has 0 aliphatic heterocycles. The van der Waals surface area contributed by atoms with E-state index in [-0.39, 0.29) is 0 Å². The molecule has 0 aromatic carbocycles. The molecule has 3 heterocycles. The Kier molecular flexibility index (Phi) is 3.51. The average Bonchev–Trinajstić information content (AvgIpc) is 3.02. The van der Waals surface area contributed by atoms with E-state index in [0.29, 0.717) is 5.95 Å². The third-order valence-electron chi connectivity index (χ3n) is 2.98. The molecule has 6 nitrogen and oxygen atoms in total. The minimum absolute atomic E-state index is 0.316. The van der Waals surface area contributed by atoms with Crippen molar-refractivity contribution in [3.8, 4) is 0 Å². The summed E-state index contributed by atoms with van der Waals surface area (Å²) in [7, 11) is 0. The van der Waals surface area contributed by atoms with E-state index in [1.807, 2.05) is 12.5 Å². The van der Waals surface area contributed by atoms with Crippen LogP contribution in [0.25, 0.3) is 10.2 Å². The molecule has 0 radical (unpaired) electrons. The van der Waals surface area contributed by atoms with E-state index in [4.69, 9.17) is 5.73 Å². The molecule has 3 aromatic heterocycles. The van der Waals surface area contributed by atoms with E-state index in [1.165, 1.54) is 4.88 Å². The minimum atomic E-state index is 0.316. The Morgan fingerprint density at radius 1 is 1.40 bits per heavy atom. The summed E-state index contributed by atoms with van der Waals surface area (Å²) in [5, 5.41) is 4.39. The van der Waals surface area contributed by atoms with Gasteiger partial charge < -0.3 is 15.6 Å². The topological polar surface area (TPSA) is 81.7 Å². The summed E-state index contributed by atoms with van der Waals surface area (Å²) < 4.78 is 2.06. The summed E-state index contributed by atoms with van der Waals surface area (Å²) in [6, 6.07) is 2.09. The number of rotatable bonds is 5. The van der Waals surface area contributed by atoms with E-state index < -0.39 is 0 Å². The summed E-state index contributed by atoms with van der Waals surface area (Å²) >= 11 is 1.63. The molecule has 3 aromatic rings. The number of fused-ring (bicyclic) bond motifs is 1. The second-order valence-corrected chi connectivity index (χ2v) is 5.82. The number of nitrogens with one attached hydrogen (secondary N) is 1. The van der Waals surface area contributed by atoms with Gasteiger partial charge in [-0.3, -0.25) is 0 Å². The van der Waals surface area contributed by atoms with E-state index in [1.54, 1.807) is 17.5 Å². The fourth-order valence-electron chi connectivity index (χ4n) is 2.08. The number of thiophene rings is 1. The minimum Gasteiger partial charge on any atom is -0.369 e. The van der Waals surface area contributed by atoms with Crippen molar-refractivity contribution >= 4 is 33.3 Å². The number of nitrogens with two attached hydrogens (primary N) is 1. The summed E-state index contributed by atoms with van der Waals surface area (Å²) in [5.41, 5.74) is 5.75. The largest absolute Gasteiger partial charge is 0.369 e. The lowest BCUT2D eigenvalue weighted by Gasteiger charge is -2.07. The van der Waals surface area contributed by atoms with Gasteiger partial charge >= 0.3 is 0 Å². The first-order valence-corrected chi connectivity index (χ1v) is 7.27. The van der Waals surface area contributed by atoms with Crippen LogP contribution < -0.4 is 11.1 Å². The number of anilines is 2. The Morgan fingerprint density at radius 3 is 3.10 bits per heavy atom. The van der Waals surface area contributed by atoms with Crippen molar-refractivity contribution in [2.45, 2.75) is 19.9 Å². The van der Waals surface area contributed by atoms with Gasteiger partial charge in [-0.05, 0) is 19.4 Å². The number of imidazole rings is 1. The van der Waals surface area contributed by atoms with Gasteiger partial charge in [0.05, 0.1) is 11.7 Å². The second kappa shape index (κ2) is 5.46. The molecule has 0 fully saturated rings. The van der Waals surface area contributed by atoms with Crippen molar-refractivity contribution in [2.24, 2.45) is 0 Å². The lowest BCUT2D eigenvalue weighted by Crippen LogP contribution is -2.08. The Morgan fingerprint density at radius 2 is 2.30 bits per heavy atom. The van der Waals surface area contributed by atoms with Crippen molar-refractivity contribution in [3.63, 3.8) is 0 Å². The number of hydrogen-bond acceptors (Lipinski definition) is 6. The van der Waals surface area contributed by atoms with Gasteiger partial charge in [0.2, 0.25) is 5.95 Å². The van der Waals surface area contributed by atoms with E-state index in [9.17, 15) is 0 Å². The van der Waals surface area contributed by atoms with Crippen LogP contribution in [0.2, 0.25) is 0 Å². The summed E-state index contributed by atoms with van der Waals surface area (Å²) in [6.45, 7) is 3.82. The van der Waals surface area contributed by atoms with Gasteiger partial charge in [-0.15, -0.1) is 11.3 Å². The van der Waals surface area contributed by atoms with E-state index in [0.717, 1.165) is 35.5 Å². The lowest BCUT2D eigenvalue weighted by atomic mass is 10.3. The first kappa shape index (κ1) is 12.9. The zero-order chi connectivity index (χ0) is 13.9. The standard InChI is InChI=1S/C13H16N6S/c1-9-7-10-11(17-13(14)18-12(10)20-9)16-3-2-5-19-6-4-15-8-19/h4,6-8H,2-3,5H2,1H3,(H3,14,16,17,18). The predicted octanol–water partition coefficient (Wildman–Crippen LogP) is 2.28. The van der Waals surface area contributed by atoms with Crippen LogP contribution in [0.1, 0.15) is 11.3 Å². The average molecular weight is 288 g/mol. The molecule has 3 rings (SSSR count). The van der Waals surface area contributed by atoms with Crippen LogP contribution in [0.3, 0.4) is 0 Å². The van der Waals surface area contributed by atoms with Gasteiger partial charge in [0, 0.05) is 30.4 Å². The van der Waals surface area contributed by atoms with Crippen molar-refractivity contribution in [3.05, 3.63) is 29.7 Å². The maximum Gasteiger partial charge on any atom is 0.223 e. The molecule has 0 aliphatic carbocycles. The predicted molar refractivity (Wildman–Crippen MR) is 81.9 cm³/mol. The molecule has 0 bridgehead atoms. The van der Waals surface area contributed by atoms with Crippen LogP contribution in [-0.2, 0) is 6.54 Å². The van der Waals surface area contributed by atoms with Gasteiger partial charge in [-0.2, -0.15) is 4.98 Å². The summed E-state index contributed by atoms with van der Waals surface area (Å²) in [6.07, 6.45) is 6.56. The summed E-state index contributed by atoms with van der Waals surface area (Å²) in [5.74, 6) is 1.14. The third kappa shape index (κ3) is 2.72. The van der Waals surface area contributed by atoms with Crippen LogP contribution in [-0.4, -0.2) is 26.1 Å². The fraction of sp³-hybridized carbons (Fsp3) is 0.308. The van der Waals surface area contributed by atoms with Crippen molar-refractivity contribution in [1.29, 1.82) is 0 Å². The molecule has 0 unspecified atom stereocenters. The normalized spacial score (nSPS) is 11.1. The molecule has 0 spiro atoms. The van der Waals surface area contributed by atoms with E-state index in [2.05, 4.69) is 37.8 Å². The van der Waals surface area contributed by atoms with Crippen LogP contribution in [0.4, 0.5) is 11.8 Å². The van der Waals surface area contributed by atoms with Crippen LogP contribution in [0.5, 0.6) is 0 Å². The molecule has 20 heavy (non-hydrogen) atoms. The van der Waals surface area contributed by atoms with Crippen LogP contribution >= 0.6 is 11.3 Å². The first-order chi connectivity index (χ1) is 9.72. The maximum atomic E-state index is 5.75. The highest BCUT2D eigenvalue weighted by Gasteiger charge is 2.08. The zero-order valence-corrected chi connectivity index (χ0v) is 12.0. The Hall–Kier alpha value is -2.15. The van der Waals surface area contributed by atoms with Gasteiger partial charge in [0.15, 0.2) is 0 Å². The molecule has 0 saturated carbocycles. The highest BCUT2D eigenvalue weighted by atomic mass is 32.1. The quantitative estimate of drug-likeness (QED) is 0.704. The number of nitrogens with zero attached hydrogens (tertiary/aromatic N) is 4. The summed E-state index contributed by atoms with van der Waals surface area (Å²) in [4.78, 5) is 14.7. The molecule has 0 atom stereocenters. The molecule has 104 valence electrons. The number of hydrogen-bond donors (Lipinski definition) is 2. The van der Waals surface area contributed by atoms with Gasteiger partial charge in [-0.25, -0.2) is 9.97 Å². The van der Waals surface area contributed by atoms with E-state index >= 15 is 0 Å². The second-order valence-electron chi connectivity index (χ2n) is 4.59. The van der Waals surface area contributed by atoms with Gasteiger partial charge in [0.25, 0.3) is 0 Å². The molecular formula is C13H16N6S. The Labute approximate surface area is 120 Å². The molecule has 3 N–H and O–H groups in total. The monoisotopic (exact) mass is 288 g/mol. The fourth-order valence-corrected chi connectivity index (χ4v) is 2.97. The molecule has 7 heteroatoms. The number of aromatic nitrogens is 4. The third-order valence-corrected chi connectivity index (χ3v) is 3.92. The smallest absolute Gasteiger partial charge is 0.223 e. The van der Waals surface area contributed by atoms with Crippen LogP contribution in [0.15, 0.2) is 24.8 Å². The van der Waals surface area contributed by atoms with Crippen molar-refractivity contribution in [2.75, 3.05) is 17.6 Å². The highest BCUT2D eigenvalue weighted by Crippen LogP contribution is 2.28. The zero-order valence-electron chi connectivity index (χ0n) is 11.2. The van der Waals surface area contributed by atoms with Gasteiger partial charge in [0.1, 0.15) is 10.6 Å². The maximum absolute atomic E-state index is 5.75. The number of nitrogen functional groups attached to an aromatic ring is 1. The lowest BCUT2D eigenvalue weighted by molar-refractivity contribution is 0.660. The molecule has 0 aliphatic rings. The van der Waals surface area contributed by atoms with Crippen molar-refractivity contribution < 1.29 is 0 Å². The molecule has 0 amide bonds. The number of aryl methyl sites for hydroxylation is 2. The highest BCUT2D eigenvalue weighted by molar-refractivity contribution is 7.18. The first-order valence-electron chi connectivity index (χ1n) is 6.45. The Bertz CT molecular complexity index is 703. The SMILES string of the molecule is Cc1cc2c(NCCCn3ccnc3)nc(N)nc2s1. The van der Waals surface area contributed by atoms with Crippen molar-refractivity contribution in [1.82, 2.24) is 19.5 Å². The Balaban J connectivity index is 1.67. The molecular weight excluding hydrogens is 272 g/mol. The van der Waals surface area contributed by atoms with Gasteiger partial charge in [-0.1, -0.05) is 0 Å².